The van der Waals surface area contributed by atoms with Crippen LogP contribution in [0.15, 0.2) is 41.3 Å². The molecule has 0 spiro atoms. The summed E-state index contributed by atoms with van der Waals surface area (Å²) in [7, 11) is 0. The highest BCUT2D eigenvalue weighted by atomic mass is 32.2. The van der Waals surface area contributed by atoms with Gasteiger partial charge < -0.3 is 0 Å². The molecule has 1 nitrogen and oxygen atoms in total. The molecule has 0 aromatic heterocycles. The fourth-order valence-electron chi connectivity index (χ4n) is 1.71. The number of hydrogen-bond donors (Lipinski definition) is 0. The van der Waals surface area contributed by atoms with Crippen LogP contribution in [0, 0.1) is 11.3 Å². The predicted molar refractivity (Wildman–Crippen MR) is 69.7 cm³/mol. The highest BCUT2D eigenvalue weighted by molar-refractivity contribution is 7.99. The third-order valence-electron chi connectivity index (χ3n) is 2.47. The van der Waals surface area contributed by atoms with Gasteiger partial charge in [0.1, 0.15) is 0 Å². The van der Waals surface area contributed by atoms with Gasteiger partial charge in [0.25, 0.3) is 0 Å². The summed E-state index contributed by atoms with van der Waals surface area (Å²) in [5.41, 5.74) is 0.761. The first-order valence-electron chi connectivity index (χ1n) is 5.41. The molecule has 2 rings (SSSR count). The minimum Gasteiger partial charge on any atom is -0.192 e. The maximum atomic E-state index is 9.05. The predicted octanol–water partition coefficient (Wildman–Crippen LogP) is 4.21. The topological polar surface area (TPSA) is 23.8 Å². The molecule has 0 aliphatic carbocycles. The molecule has 0 fully saturated rings. The van der Waals surface area contributed by atoms with Crippen LogP contribution in [-0.4, -0.2) is 5.75 Å². The maximum Gasteiger partial charge on any atom is 0.0998 e. The second-order valence-corrected chi connectivity index (χ2v) is 4.75. The summed E-state index contributed by atoms with van der Waals surface area (Å²) in [6.07, 6.45) is 1.17. The molecule has 0 aliphatic rings. The molecule has 0 amide bonds. The van der Waals surface area contributed by atoms with Crippen molar-refractivity contribution in [3.8, 4) is 6.07 Å². The summed E-state index contributed by atoms with van der Waals surface area (Å²) in [6.45, 7) is 2.18. The summed E-state index contributed by atoms with van der Waals surface area (Å²) in [6, 6.07) is 14.3. The van der Waals surface area contributed by atoms with E-state index in [0.717, 1.165) is 16.7 Å². The Balaban J connectivity index is 2.57. The normalized spacial score (nSPS) is 10.2. The van der Waals surface area contributed by atoms with Gasteiger partial charge >= 0.3 is 0 Å². The van der Waals surface area contributed by atoms with Gasteiger partial charge in [-0.15, -0.1) is 11.8 Å². The fraction of sp³-hybridized carbons (Fsp3) is 0.214. The number of thioether (sulfide) groups is 1. The fourth-order valence-corrected chi connectivity index (χ4v) is 2.63. The van der Waals surface area contributed by atoms with Crippen LogP contribution in [0.3, 0.4) is 0 Å². The minimum atomic E-state index is 0.761. The summed E-state index contributed by atoms with van der Waals surface area (Å²) < 4.78 is 0. The van der Waals surface area contributed by atoms with Crippen LogP contribution in [0.4, 0.5) is 0 Å². The van der Waals surface area contributed by atoms with Crippen molar-refractivity contribution in [1.29, 1.82) is 5.26 Å². The molecule has 2 aromatic carbocycles. The van der Waals surface area contributed by atoms with Gasteiger partial charge in [-0.25, -0.2) is 0 Å². The van der Waals surface area contributed by atoms with Gasteiger partial charge in [-0.05, 0) is 29.7 Å². The number of hydrogen-bond acceptors (Lipinski definition) is 2. The third-order valence-corrected chi connectivity index (χ3v) is 3.75. The molecule has 0 N–H and O–H groups in total. The van der Waals surface area contributed by atoms with Gasteiger partial charge in [-0.2, -0.15) is 5.26 Å². The lowest BCUT2D eigenvalue weighted by molar-refractivity contribution is 1.11. The first-order valence-corrected chi connectivity index (χ1v) is 6.40. The molecule has 0 saturated heterocycles. The van der Waals surface area contributed by atoms with Crippen LogP contribution >= 0.6 is 11.8 Å². The Bertz CT molecular complexity index is 540. The van der Waals surface area contributed by atoms with Gasteiger partial charge in [-0.3, -0.25) is 0 Å². The second kappa shape index (κ2) is 5.05. The second-order valence-electron chi connectivity index (χ2n) is 3.62. The molecular formula is C14H13NS. The molecular weight excluding hydrogens is 214 g/mol. The van der Waals surface area contributed by atoms with Gasteiger partial charge in [-0.1, -0.05) is 31.2 Å². The number of fused-ring (bicyclic) bond motifs is 1. The Kier molecular flexibility index (Phi) is 3.48. The molecule has 0 radical (unpaired) electrons. The lowest BCUT2D eigenvalue weighted by atomic mass is 10.1. The molecule has 16 heavy (non-hydrogen) atoms. The summed E-state index contributed by atoms with van der Waals surface area (Å²) >= 11 is 1.86. The number of nitrogens with zero attached hydrogens (tertiary/aromatic N) is 1. The Morgan fingerprint density at radius 2 is 1.88 bits per heavy atom. The highest BCUT2D eigenvalue weighted by Gasteiger charge is 2.04. The maximum absolute atomic E-state index is 9.05. The van der Waals surface area contributed by atoms with Gasteiger partial charge in [0, 0.05) is 10.3 Å². The first-order chi connectivity index (χ1) is 7.86. The van der Waals surface area contributed by atoms with E-state index in [-0.39, 0.29) is 0 Å². The standard InChI is InChI=1S/C14H13NS/c1-2-9-16-14-8-7-11(10-15)12-5-3-4-6-13(12)14/h3-8H,2,9H2,1H3. The minimum absolute atomic E-state index is 0.761. The number of nitriles is 1. The van der Waals surface area contributed by atoms with Crippen LogP contribution in [0.25, 0.3) is 10.8 Å². The van der Waals surface area contributed by atoms with Crippen LogP contribution in [0.2, 0.25) is 0 Å². The van der Waals surface area contributed by atoms with E-state index in [1.165, 1.54) is 16.7 Å². The molecule has 0 atom stereocenters. The van der Waals surface area contributed by atoms with E-state index in [2.05, 4.69) is 25.1 Å². The SMILES string of the molecule is CCCSc1ccc(C#N)c2ccccc12. The first kappa shape index (κ1) is 11.0. The molecule has 0 saturated carbocycles. The zero-order valence-corrected chi connectivity index (χ0v) is 10.1. The molecule has 0 bridgehead atoms. The average Bonchev–Trinajstić information content (AvgIpc) is 2.36. The van der Waals surface area contributed by atoms with Crippen LogP contribution in [0.1, 0.15) is 18.9 Å². The molecule has 2 aromatic rings. The van der Waals surface area contributed by atoms with Gasteiger partial charge in [0.15, 0.2) is 0 Å². The van der Waals surface area contributed by atoms with Crippen molar-refractivity contribution in [1.82, 2.24) is 0 Å². The molecule has 80 valence electrons. The van der Waals surface area contributed by atoms with Crippen molar-refractivity contribution in [2.45, 2.75) is 18.2 Å². The monoisotopic (exact) mass is 227 g/mol. The van der Waals surface area contributed by atoms with E-state index < -0.39 is 0 Å². The summed E-state index contributed by atoms with van der Waals surface area (Å²) in [5.74, 6) is 1.12. The Hall–Kier alpha value is -1.46. The van der Waals surface area contributed by atoms with E-state index >= 15 is 0 Å². The van der Waals surface area contributed by atoms with Crippen molar-refractivity contribution in [3.05, 3.63) is 42.0 Å². The lowest BCUT2D eigenvalue weighted by Crippen LogP contribution is -1.84. The number of rotatable bonds is 3. The number of benzene rings is 2. The van der Waals surface area contributed by atoms with Crippen LogP contribution in [-0.2, 0) is 0 Å². The van der Waals surface area contributed by atoms with Gasteiger partial charge in [0.2, 0.25) is 0 Å². The zero-order chi connectivity index (χ0) is 11.4. The quantitative estimate of drug-likeness (QED) is 0.733. The molecule has 2 heteroatoms. The lowest BCUT2D eigenvalue weighted by Gasteiger charge is -2.06. The highest BCUT2D eigenvalue weighted by Crippen LogP contribution is 2.30. The Morgan fingerprint density at radius 3 is 2.56 bits per heavy atom. The van der Waals surface area contributed by atoms with Crippen molar-refractivity contribution in [3.63, 3.8) is 0 Å². The molecule has 0 heterocycles. The van der Waals surface area contributed by atoms with Gasteiger partial charge in [0.05, 0.1) is 11.6 Å². The van der Waals surface area contributed by atoms with E-state index in [1.54, 1.807) is 0 Å². The van der Waals surface area contributed by atoms with Crippen LogP contribution in [0.5, 0.6) is 0 Å². The average molecular weight is 227 g/mol. The van der Waals surface area contributed by atoms with E-state index in [0.29, 0.717) is 0 Å². The summed E-state index contributed by atoms with van der Waals surface area (Å²) in [4.78, 5) is 1.27. The van der Waals surface area contributed by atoms with Crippen LogP contribution < -0.4 is 0 Å². The van der Waals surface area contributed by atoms with Crippen molar-refractivity contribution in [2.75, 3.05) is 5.75 Å². The third kappa shape index (κ3) is 2.05. The van der Waals surface area contributed by atoms with Crippen molar-refractivity contribution >= 4 is 22.5 Å². The van der Waals surface area contributed by atoms with Crippen molar-refractivity contribution in [2.24, 2.45) is 0 Å². The Labute approximate surface area is 100 Å². The smallest absolute Gasteiger partial charge is 0.0998 e. The zero-order valence-electron chi connectivity index (χ0n) is 9.23. The van der Waals surface area contributed by atoms with E-state index in [4.69, 9.17) is 5.26 Å². The molecule has 0 aliphatic heterocycles. The molecule has 0 unspecified atom stereocenters. The summed E-state index contributed by atoms with van der Waals surface area (Å²) in [5, 5.41) is 11.3. The van der Waals surface area contributed by atoms with E-state index in [9.17, 15) is 0 Å². The largest absolute Gasteiger partial charge is 0.192 e. The Morgan fingerprint density at radius 1 is 1.12 bits per heavy atom. The van der Waals surface area contributed by atoms with E-state index in [1.807, 2.05) is 36.0 Å². The van der Waals surface area contributed by atoms with Crippen molar-refractivity contribution < 1.29 is 0 Å².